The molecule has 3 aromatic carbocycles. The Bertz CT molecular complexity index is 1270. The van der Waals surface area contributed by atoms with Crippen molar-refractivity contribution in [2.75, 3.05) is 40.0 Å². The molecule has 0 amide bonds. The standard InChI is InChI=1S/C30H32N2O3/c1-33-30-10-6-5-9-25(30)11-12-27-21-26-22-28(35-23-24-7-3-2-4-8-24)13-14-29(26)32(27)16-15-31-17-19-34-20-18-31/h2-14,21-22H,15-20,23H2,1H3. The number of ether oxygens (including phenoxy) is 3. The summed E-state index contributed by atoms with van der Waals surface area (Å²) in [6.07, 6.45) is 4.31. The number of rotatable bonds is 9. The number of hydrogen-bond donors (Lipinski definition) is 0. The van der Waals surface area contributed by atoms with Gasteiger partial charge in [0.05, 0.1) is 20.3 Å². The summed E-state index contributed by atoms with van der Waals surface area (Å²) in [4.78, 5) is 2.47. The van der Waals surface area contributed by atoms with E-state index >= 15 is 0 Å². The van der Waals surface area contributed by atoms with E-state index in [0.29, 0.717) is 6.61 Å². The van der Waals surface area contributed by atoms with Gasteiger partial charge in [0.15, 0.2) is 0 Å². The van der Waals surface area contributed by atoms with Crippen LogP contribution in [0.3, 0.4) is 0 Å². The number of benzene rings is 3. The van der Waals surface area contributed by atoms with Gasteiger partial charge in [0, 0.05) is 48.3 Å². The highest BCUT2D eigenvalue weighted by molar-refractivity contribution is 5.87. The third-order valence-electron chi connectivity index (χ3n) is 6.47. The van der Waals surface area contributed by atoms with Crippen molar-refractivity contribution in [3.8, 4) is 11.5 Å². The van der Waals surface area contributed by atoms with Crippen molar-refractivity contribution in [3.63, 3.8) is 0 Å². The van der Waals surface area contributed by atoms with Crippen molar-refractivity contribution >= 4 is 23.1 Å². The predicted octanol–water partition coefficient (Wildman–Crippen LogP) is 5.73. The summed E-state index contributed by atoms with van der Waals surface area (Å²) < 4.78 is 19.6. The first kappa shape index (κ1) is 23.2. The highest BCUT2D eigenvalue weighted by atomic mass is 16.5. The Balaban J connectivity index is 1.42. The van der Waals surface area contributed by atoms with Crippen LogP contribution >= 0.6 is 0 Å². The van der Waals surface area contributed by atoms with Gasteiger partial charge in [-0.2, -0.15) is 0 Å². The van der Waals surface area contributed by atoms with Gasteiger partial charge in [0.2, 0.25) is 0 Å². The van der Waals surface area contributed by atoms with E-state index in [0.717, 1.165) is 62.0 Å². The Morgan fingerprint density at radius 1 is 0.857 bits per heavy atom. The quantitative estimate of drug-likeness (QED) is 0.314. The van der Waals surface area contributed by atoms with E-state index in [4.69, 9.17) is 14.2 Å². The highest BCUT2D eigenvalue weighted by Gasteiger charge is 2.13. The van der Waals surface area contributed by atoms with Crippen LogP contribution in [0.4, 0.5) is 0 Å². The highest BCUT2D eigenvalue weighted by Crippen LogP contribution is 2.28. The van der Waals surface area contributed by atoms with Crippen molar-refractivity contribution < 1.29 is 14.2 Å². The predicted molar refractivity (Wildman–Crippen MR) is 142 cm³/mol. The van der Waals surface area contributed by atoms with E-state index in [1.807, 2.05) is 36.4 Å². The maximum absolute atomic E-state index is 6.10. The van der Waals surface area contributed by atoms with Crippen LogP contribution in [0.5, 0.6) is 11.5 Å². The minimum Gasteiger partial charge on any atom is -0.496 e. The van der Waals surface area contributed by atoms with Gasteiger partial charge in [-0.25, -0.2) is 0 Å². The van der Waals surface area contributed by atoms with Gasteiger partial charge in [-0.3, -0.25) is 4.90 Å². The summed E-state index contributed by atoms with van der Waals surface area (Å²) in [5.41, 5.74) is 4.60. The van der Waals surface area contributed by atoms with Crippen LogP contribution in [-0.2, 0) is 17.9 Å². The van der Waals surface area contributed by atoms with E-state index in [1.54, 1.807) is 7.11 Å². The molecule has 5 rings (SSSR count). The van der Waals surface area contributed by atoms with Crippen LogP contribution in [0, 0.1) is 0 Å². The van der Waals surface area contributed by atoms with E-state index in [2.05, 4.69) is 64.1 Å². The average molecular weight is 469 g/mol. The molecule has 1 aromatic heterocycles. The fourth-order valence-electron chi connectivity index (χ4n) is 4.53. The molecule has 35 heavy (non-hydrogen) atoms. The van der Waals surface area contributed by atoms with Gasteiger partial charge in [0.25, 0.3) is 0 Å². The van der Waals surface area contributed by atoms with Crippen LogP contribution in [0.15, 0.2) is 78.9 Å². The first-order valence-corrected chi connectivity index (χ1v) is 12.2. The molecule has 0 unspecified atom stereocenters. The minimum absolute atomic E-state index is 0.560. The van der Waals surface area contributed by atoms with Crippen molar-refractivity contribution in [3.05, 3.63) is 95.7 Å². The lowest BCUT2D eigenvalue weighted by Crippen LogP contribution is -2.38. The fourth-order valence-corrected chi connectivity index (χ4v) is 4.53. The fraction of sp³-hybridized carbons (Fsp3) is 0.267. The molecule has 0 spiro atoms. The topological polar surface area (TPSA) is 35.9 Å². The van der Waals surface area contributed by atoms with Crippen LogP contribution < -0.4 is 9.47 Å². The Labute approximate surface area is 207 Å². The van der Waals surface area contributed by atoms with Gasteiger partial charge in [-0.05, 0) is 48.0 Å². The minimum atomic E-state index is 0.560. The van der Waals surface area contributed by atoms with Crippen molar-refractivity contribution in [2.45, 2.75) is 13.2 Å². The number of para-hydroxylation sites is 1. The van der Waals surface area contributed by atoms with E-state index in [9.17, 15) is 0 Å². The lowest BCUT2D eigenvalue weighted by Gasteiger charge is -2.27. The molecular formula is C30H32N2O3. The lowest BCUT2D eigenvalue weighted by atomic mass is 10.1. The molecule has 5 nitrogen and oxygen atoms in total. The van der Waals surface area contributed by atoms with Crippen LogP contribution in [0.25, 0.3) is 23.1 Å². The molecule has 1 fully saturated rings. The average Bonchev–Trinajstić information content (AvgIpc) is 3.27. The molecule has 1 aliphatic heterocycles. The van der Waals surface area contributed by atoms with Crippen LogP contribution in [0.1, 0.15) is 16.8 Å². The third kappa shape index (κ3) is 5.76. The van der Waals surface area contributed by atoms with Gasteiger partial charge in [-0.1, -0.05) is 48.5 Å². The molecular weight excluding hydrogens is 436 g/mol. The SMILES string of the molecule is COc1ccccc1C=Cc1cc2cc(OCc3ccccc3)ccc2n1CCN1CCOCC1. The number of nitrogens with zero attached hydrogens (tertiary/aromatic N) is 2. The zero-order valence-corrected chi connectivity index (χ0v) is 20.2. The smallest absolute Gasteiger partial charge is 0.126 e. The first-order valence-electron chi connectivity index (χ1n) is 12.2. The second-order valence-corrected chi connectivity index (χ2v) is 8.75. The molecule has 0 N–H and O–H groups in total. The van der Waals surface area contributed by atoms with Gasteiger partial charge in [0.1, 0.15) is 18.1 Å². The third-order valence-corrected chi connectivity index (χ3v) is 6.47. The summed E-state index contributed by atoms with van der Waals surface area (Å²) in [5, 5.41) is 1.18. The Morgan fingerprint density at radius 3 is 2.49 bits per heavy atom. The number of morpholine rings is 1. The normalized spacial score (nSPS) is 14.5. The van der Waals surface area contributed by atoms with Crippen molar-refractivity contribution in [2.24, 2.45) is 0 Å². The second kappa shape index (κ2) is 11.3. The van der Waals surface area contributed by atoms with Gasteiger partial charge < -0.3 is 18.8 Å². The Hall–Kier alpha value is -3.54. The van der Waals surface area contributed by atoms with E-state index in [-0.39, 0.29) is 0 Å². The Kier molecular flexibility index (Phi) is 7.47. The molecule has 5 heteroatoms. The Morgan fingerprint density at radius 2 is 1.66 bits per heavy atom. The molecule has 2 heterocycles. The molecule has 0 saturated carbocycles. The summed E-state index contributed by atoms with van der Waals surface area (Å²) in [7, 11) is 1.71. The second-order valence-electron chi connectivity index (χ2n) is 8.75. The van der Waals surface area contributed by atoms with E-state index in [1.165, 1.54) is 16.6 Å². The zero-order chi connectivity index (χ0) is 23.9. The molecule has 0 atom stereocenters. The summed E-state index contributed by atoms with van der Waals surface area (Å²) in [6, 6.07) is 27.0. The molecule has 1 aliphatic rings. The molecule has 0 aliphatic carbocycles. The molecule has 0 bridgehead atoms. The number of hydrogen-bond acceptors (Lipinski definition) is 4. The summed E-state index contributed by atoms with van der Waals surface area (Å²) in [5.74, 6) is 1.75. The van der Waals surface area contributed by atoms with Crippen LogP contribution in [-0.4, -0.2) is 49.4 Å². The van der Waals surface area contributed by atoms with Crippen molar-refractivity contribution in [1.29, 1.82) is 0 Å². The lowest BCUT2D eigenvalue weighted by molar-refractivity contribution is 0.0365. The van der Waals surface area contributed by atoms with Crippen molar-refractivity contribution in [1.82, 2.24) is 9.47 Å². The largest absolute Gasteiger partial charge is 0.496 e. The summed E-state index contributed by atoms with van der Waals surface area (Å²) >= 11 is 0. The molecule has 1 saturated heterocycles. The first-order chi connectivity index (χ1) is 17.3. The molecule has 180 valence electrons. The maximum atomic E-state index is 6.10. The summed E-state index contributed by atoms with van der Waals surface area (Å²) in [6.45, 7) is 6.08. The maximum Gasteiger partial charge on any atom is 0.126 e. The number of methoxy groups -OCH3 is 1. The van der Waals surface area contributed by atoms with Crippen LogP contribution in [0.2, 0.25) is 0 Å². The van der Waals surface area contributed by atoms with Gasteiger partial charge >= 0.3 is 0 Å². The van der Waals surface area contributed by atoms with Gasteiger partial charge in [-0.15, -0.1) is 0 Å². The number of fused-ring (bicyclic) bond motifs is 1. The monoisotopic (exact) mass is 468 g/mol. The molecule has 4 aromatic rings. The van der Waals surface area contributed by atoms with E-state index < -0.39 is 0 Å². The zero-order valence-electron chi connectivity index (χ0n) is 20.2. The number of aromatic nitrogens is 1. The molecule has 0 radical (unpaired) electrons.